The molecule has 0 bridgehead atoms. The average molecular weight is 220 g/mol. The van der Waals surface area contributed by atoms with E-state index in [0.29, 0.717) is 5.76 Å². The van der Waals surface area contributed by atoms with Crippen molar-refractivity contribution in [2.24, 2.45) is 5.84 Å². The first kappa shape index (κ1) is 10.9. The van der Waals surface area contributed by atoms with E-state index in [1.54, 1.807) is 18.4 Å². The lowest BCUT2D eigenvalue weighted by molar-refractivity contribution is 0.451. The Balaban J connectivity index is 2.41. The topological polar surface area (TPSA) is 51.2 Å². The summed E-state index contributed by atoms with van der Waals surface area (Å²) in [6.45, 7) is 1.84. The molecule has 0 aliphatic heterocycles. The highest BCUT2D eigenvalue weighted by molar-refractivity contribution is 5.33. The van der Waals surface area contributed by atoms with Crippen LogP contribution in [0.15, 0.2) is 41.0 Å². The fourth-order valence-corrected chi connectivity index (χ4v) is 1.74. The maximum atomic E-state index is 13.0. The van der Waals surface area contributed by atoms with Crippen molar-refractivity contribution < 1.29 is 8.81 Å². The van der Waals surface area contributed by atoms with Gasteiger partial charge in [0.05, 0.1) is 6.26 Å². The smallest absolute Gasteiger partial charge is 0.126 e. The first-order valence-electron chi connectivity index (χ1n) is 4.98. The summed E-state index contributed by atoms with van der Waals surface area (Å²) in [6, 6.07) is 7.96. The summed E-state index contributed by atoms with van der Waals surface area (Å²) in [7, 11) is 0. The molecule has 0 aliphatic carbocycles. The van der Waals surface area contributed by atoms with Crippen LogP contribution >= 0.6 is 0 Å². The van der Waals surface area contributed by atoms with Gasteiger partial charge in [0.25, 0.3) is 0 Å². The van der Waals surface area contributed by atoms with Gasteiger partial charge in [-0.25, -0.2) is 9.82 Å². The van der Waals surface area contributed by atoms with E-state index in [1.165, 1.54) is 12.1 Å². The van der Waals surface area contributed by atoms with Crippen LogP contribution in [-0.2, 0) is 0 Å². The van der Waals surface area contributed by atoms with E-state index in [1.807, 2.05) is 13.0 Å². The van der Waals surface area contributed by atoms with E-state index in [0.717, 1.165) is 11.1 Å². The number of rotatable bonds is 3. The molecule has 3 nitrogen and oxygen atoms in total. The number of benzene rings is 1. The van der Waals surface area contributed by atoms with Gasteiger partial charge in [0, 0.05) is 0 Å². The summed E-state index contributed by atoms with van der Waals surface area (Å²) < 4.78 is 18.3. The third-order valence-corrected chi connectivity index (χ3v) is 2.54. The highest BCUT2D eigenvalue weighted by atomic mass is 19.1. The van der Waals surface area contributed by atoms with Gasteiger partial charge < -0.3 is 4.42 Å². The van der Waals surface area contributed by atoms with Gasteiger partial charge in [-0.15, -0.1) is 0 Å². The molecule has 0 saturated carbocycles. The lowest BCUT2D eigenvalue weighted by Crippen LogP contribution is -2.29. The van der Waals surface area contributed by atoms with Crippen molar-refractivity contribution in [2.45, 2.75) is 13.0 Å². The van der Waals surface area contributed by atoms with Crippen LogP contribution in [0.2, 0.25) is 0 Å². The lowest BCUT2D eigenvalue weighted by Gasteiger charge is -2.16. The maximum absolute atomic E-state index is 13.0. The molecule has 1 aromatic heterocycles. The summed E-state index contributed by atoms with van der Waals surface area (Å²) in [5.41, 5.74) is 4.40. The molecule has 0 saturated heterocycles. The average Bonchev–Trinajstić information content (AvgIpc) is 2.75. The maximum Gasteiger partial charge on any atom is 0.126 e. The third kappa shape index (κ3) is 1.98. The highest BCUT2D eigenvalue weighted by Gasteiger charge is 2.17. The number of furan rings is 1. The van der Waals surface area contributed by atoms with Crippen molar-refractivity contribution in [3.05, 3.63) is 59.3 Å². The summed E-state index contributed by atoms with van der Waals surface area (Å²) in [4.78, 5) is 0. The van der Waals surface area contributed by atoms with Crippen LogP contribution in [0.5, 0.6) is 0 Å². The van der Waals surface area contributed by atoms with E-state index < -0.39 is 0 Å². The van der Waals surface area contributed by atoms with Crippen LogP contribution in [-0.4, -0.2) is 0 Å². The summed E-state index contributed by atoms with van der Waals surface area (Å²) >= 11 is 0. The van der Waals surface area contributed by atoms with E-state index in [9.17, 15) is 4.39 Å². The van der Waals surface area contributed by atoms with Gasteiger partial charge in [0.15, 0.2) is 0 Å². The monoisotopic (exact) mass is 220 g/mol. The normalized spacial score (nSPS) is 12.7. The van der Waals surface area contributed by atoms with E-state index in [4.69, 9.17) is 10.3 Å². The van der Waals surface area contributed by atoms with Gasteiger partial charge in [-0.3, -0.25) is 5.84 Å². The van der Waals surface area contributed by atoms with Crippen molar-refractivity contribution in [3.63, 3.8) is 0 Å². The van der Waals surface area contributed by atoms with Crippen molar-refractivity contribution in [2.75, 3.05) is 0 Å². The summed E-state index contributed by atoms with van der Waals surface area (Å²) in [5.74, 6) is 5.95. The number of hydrogen-bond acceptors (Lipinski definition) is 3. The van der Waals surface area contributed by atoms with Crippen LogP contribution in [0, 0.1) is 12.7 Å². The highest BCUT2D eigenvalue weighted by Crippen LogP contribution is 2.24. The third-order valence-electron chi connectivity index (χ3n) is 2.54. The van der Waals surface area contributed by atoms with Crippen LogP contribution < -0.4 is 11.3 Å². The van der Waals surface area contributed by atoms with E-state index in [2.05, 4.69) is 5.43 Å². The Morgan fingerprint density at radius 3 is 2.75 bits per heavy atom. The van der Waals surface area contributed by atoms with Crippen molar-refractivity contribution in [3.8, 4) is 0 Å². The van der Waals surface area contributed by atoms with Crippen molar-refractivity contribution >= 4 is 0 Å². The minimum atomic E-state index is -0.254. The molecule has 1 aromatic carbocycles. The molecule has 0 amide bonds. The molecular weight excluding hydrogens is 207 g/mol. The van der Waals surface area contributed by atoms with Crippen LogP contribution in [0.1, 0.15) is 22.9 Å². The molecule has 2 aromatic rings. The molecule has 0 aliphatic rings. The predicted octanol–water partition coefficient (Wildman–Crippen LogP) is 2.28. The number of nitrogens with two attached hydrogens (primary N) is 1. The fraction of sp³-hybridized carbons (Fsp3) is 0.167. The zero-order valence-corrected chi connectivity index (χ0v) is 8.91. The molecule has 0 fully saturated rings. The summed E-state index contributed by atoms with van der Waals surface area (Å²) in [5, 5.41) is 0. The molecule has 16 heavy (non-hydrogen) atoms. The Hall–Kier alpha value is -1.65. The summed E-state index contributed by atoms with van der Waals surface area (Å²) in [6.07, 6.45) is 1.58. The van der Waals surface area contributed by atoms with Crippen LogP contribution in [0.4, 0.5) is 4.39 Å². The number of hydrogen-bond donors (Lipinski definition) is 2. The standard InChI is InChI=1S/C12H13FN2O/c1-8-7-9(13)4-5-10(8)12(15-14)11-3-2-6-16-11/h2-7,12,15H,14H2,1H3. The first-order valence-corrected chi connectivity index (χ1v) is 4.98. The zero-order chi connectivity index (χ0) is 11.5. The van der Waals surface area contributed by atoms with Gasteiger partial charge >= 0.3 is 0 Å². The quantitative estimate of drug-likeness (QED) is 0.616. The first-order chi connectivity index (χ1) is 7.72. The minimum Gasteiger partial charge on any atom is -0.467 e. The predicted molar refractivity (Wildman–Crippen MR) is 59.0 cm³/mol. The molecule has 3 N–H and O–H groups in total. The van der Waals surface area contributed by atoms with E-state index >= 15 is 0 Å². The van der Waals surface area contributed by atoms with Gasteiger partial charge in [-0.1, -0.05) is 6.07 Å². The number of hydrazine groups is 1. The molecule has 4 heteroatoms. The molecule has 2 rings (SSSR count). The Morgan fingerprint density at radius 2 is 2.19 bits per heavy atom. The second-order valence-electron chi connectivity index (χ2n) is 3.62. The Bertz CT molecular complexity index is 468. The largest absolute Gasteiger partial charge is 0.467 e. The number of aryl methyl sites for hydroxylation is 1. The van der Waals surface area contributed by atoms with Gasteiger partial charge in [-0.2, -0.15) is 0 Å². The lowest BCUT2D eigenvalue weighted by atomic mass is 10.00. The van der Waals surface area contributed by atoms with E-state index in [-0.39, 0.29) is 11.9 Å². The SMILES string of the molecule is Cc1cc(F)ccc1C(NN)c1ccco1. The Kier molecular flexibility index (Phi) is 3.03. The zero-order valence-electron chi connectivity index (χ0n) is 8.91. The molecule has 1 atom stereocenters. The Labute approximate surface area is 93.0 Å². The molecule has 1 unspecified atom stereocenters. The molecule has 1 heterocycles. The van der Waals surface area contributed by atoms with Crippen LogP contribution in [0.3, 0.4) is 0 Å². The van der Waals surface area contributed by atoms with Crippen molar-refractivity contribution in [1.82, 2.24) is 5.43 Å². The Morgan fingerprint density at radius 1 is 1.38 bits per heavy atom. The number of nitrogens with one attached hydrogen (secondary N) is 1. The fourth-order valence-electron chi connectivity index (χ4n) is 1.74. The van der Waals surface area contributed by atoms with Gasteiger partial charge in [-0.05, 0) is 42.3 Å². The molecule has 0 radical (unpaired) electrons. The molecule has 0 spiro atoms. The second kappa shape index (κ2) is 4.47. The number of halogens is 1. The van der Waals surface area contributed by atoms with Gasteiger partial charge in [0.2, 0.25) is 0 Å². The minimum absolute atomic E-state index is 0.253. The molecule has 84 valence electrons. The van der Waals surface area contributed by atoms with Crippen LogP contribution in [0.25, 0.3) is 0 Å². The van der Waals surface area contributed by atoms with Crippen molar-refractivity contribution in [1.29, 1.82) is 0 Å². The second-order valence-corrected chi connectivity index (χ2v) is 3.62. The van der Waals surface area contributed by atoms with Gasteiger partial charge in [0.1, 0.15) is 17.6 Å². The molecular formula is C12H13FN2O.